The number of benzene rings is 1. The molecule has 0 radical (unpaired) electrons. The van der Waals surface area contributed by atoms with Crippen LogP contribution in [0.4, 0.5) is 11.4 Å². The zero-order chi connectivity index (χ0) is 16.2. The van der Waals surface area contributed by atoms with Gasteiger partial charge in [0.2, 0.25) is 10.0 Å². The second-order valence-corrected chi connectivity index (χ2v) is 6.51. The number of aliphatic hydroxyl groups is 1. The van der Waals surface area contributed by atoms with Gasteiger partial charge in [-0.1, -0.05) is 0 Å². The Labute approximate surface area is 123 Å². The van der Waals surface area contributed by atoms with E-state index in [2.05, 4.69) is 5.32 Å². The Morgan fingerprint density at radius 2 is 2.05 bits per heavy atom. The molecule has 0 bridgehead atoms. The van der Waals surface area contributed by atoms with Crippen molar-refractivity contribution >= 4 is 21.4 Å². The van der Waals surface area contributed by atoms with Crippen molar-refractivity contribution < 1.29 is 18.4 Å². The number of nitrogens with zero attached hydrogens (tertiary/aromatic N) is 2. The second kappa shape index (κ2) is 6.83. The SMILES string of the molecule is CNc1ccc(S(=O)(=O)N(CCO)C(C)C)cc1[N+](=O)[O-]. The fraction of sp³-hybridized carbons (Fsp3) is 0.500. The quantitative estimate of drug-likeness (QED) is 0.573. The Balaban J connectivity index is 3.37. The molecule has 1 rings (SSSR count). The summed E-state index contributed by atoms with van der Waals surface area (Å²) in [4.78, 5) is 10.2. The molecule has 0 amide bonds. The summed E-state index contributed by atoms with van der Waals surface area (Å²) in [6.45, 7) is 2.95. The van der Waals surface area contributed by atoms with Gasteiger partial charge < -0.3 is 10.4 Å². The van der Waals surface area contributed by atoms with Gasteiger partial charge in [-0.25, -0.2) is 8.42 Å². The summed E-state index contributed by atoms with van der Waals surface area (Å²) < 4.78 is 26.1. The van der Waals surface area contributed by atoms with Crippen molar-refractivity contribution in [1.82, 2.24) is 4.31 Å². The minimum Gasteiger partial charge on any atom is -0.395 e. The molecule has 0 saturated carbocycles. The number of rotatable bonds is 7. The van der Waals surface area contributed by atoms with Gasteiger partial charge in [-0.15, -0.1) is 0 Å². The van der Waals surface area contributed by atoms with Gasteiger partial charge in [0.25, 0.3) is 5.69 Å². The first kappa shape index (κ1) is 17.3. The third kappa shape index (κ3) is 3.69. The first-order valence-corrected chi connectivity index (χ1v) is 7.78. The van der Waals surface area contributed by atoms with Gasteiger partial charge in [0.05, 0.1) is 16.4 Å². The Morgan fingerprint density at radius 3 is 2.48 bits per heavy atom. The largest absolute Gasteiger partial charge is 0.395 e. The summed E-state index contributed by atoms with van der Waals surface area (Å²) >= 11 is 0. The smallest absolute Gasteiger partial charge is 0.293 e. The maximum Gasteiger partial charge on any atom is 0.293 e. The van der Waals surface area contributed by atoms with Gasteiger partial charge in [-0.05, 0) is 26.0 Å². The van der Waals surface area contributed by atoms with E-state index in [0.29, 0.717) is 0 Å². The van der Waals surface area contributed by atoms with E-state index >= 15 is 0 Å². The molecule has 2 N–H and O–H groups in total. The first-order valence-electron chi connectivity index (χ1n) is 6.34. The summed E-state index contributed by atoms with van der Waals surface area (Å²) in [5.41, 5.74) is -0.0801. The molecule has 0 fully saturated rings. The van der Waals surface area contributed by atoms with Crippen LogP contribution in [0.15, 0.2) is 23.1 Å². The lowest BCUT2D eigenvalue weighted by molar-refractivity contribution is -0.384. The normalized spacial score (nSPS) is 11.9. The first-order chi connectivity index (χ1) is 9.75. The lowest BCUT2D eigenvalue weighted by atomic mass is 10.3. The number of hydrogen-bond acceptors (Lipinski definition) is 6. The van der Waals surface area contributed by atoms with Crippen molar-refractivity contribution in [1.29, 1.82) is 0 Å². The van der Waals surface area contributed by atoms with Gasteiger partial charge in [-0.3, -0.25) is 10.1 Å². The second-order valence-electron chi connectivity index (χ2n) is 4.62. The molecule has 0 saturated heterocycles. The van der Waals surface area contributed by atoms with E-state index in [0.717, 1.165) is 10.4 Å². The van der Waals surface area contributed by atoms with Crippen molar-refractivity contribution in [3.05, 3.63) is 28.3 Å². The van der Waals surface area contributed by atoms with Crippen LogP contribution in [-0.2, 0) is 10.0 Å². The summed E-state index contributed by atoms with van der Waals surface area (Å²) in [7, 11) is -2.39. The maximum atomic E-state index is 12.5. The monoisotopic (exact) mass is 317 g/mol. The molecule has 118 valence electrons. The van der Waals surface area contributed by atoms with Crippen LogP contribution in [0.1, 0.15) is 13.8 Å². The number of nitro groups is 1. The zero-order valence-electron chi connectivity index (χ0n) is 12.1. The fourth-order valence-corrected chi connectivity index (χ4v) is 3.57. The Hall–Kier alpha value is -1.71. The maximum absolute atomic E-state index is 12.5. The van der Waals surface area contributed by atoms with Crippen molar-refractivity contribution in [2.24, 2.45) is 0 Å². The Bertz CT molecular complexity index is 615. The molecule has 8 nitrogen and oxygen atoms in total. The van der Waals surface area contributed by atoms with E-state index in [9.17, 15) is 18.5 Å². The van der Waals surface area contributed by atoms with Crippen LogP contribution in [0.5, 0.6) is 0 Å². The van der Waals surface area contributed by atoms with E-state index < -0.39 is 14.9 Å². The van der Waals surface area contributed by atoms with Crippen LogP contribution in [0.2, 0.25) is 0 Å². The van der Waals surface area contributed by atoms with Crippen LogP contribution in [-0.4, -0.2) is 49.0 Å². The van der Waals surface area contributed by atoms with E-state index in [1.807, 2.05) is 0 Å². The Kier molecular flexibility index (Phi) is 5.64. The molecule has 1 aromatic carbocycles. The van der Waals surface area contributed by atoms with Crippen molar-refractivity contribution in [2.75, 3.05) is 25.5 Å². The molecule has 9 heteroatoms. The van der Waals surface area contributed by atoms with Crippen LogP contribution in [0, 0.1) is 10.1 Å². The molecule has 0 aromatic heterocycles. The minimum atomic E-state index is -3.90. The number of hydrogen-bond donors (Lipinski definition) is 2. The van der Waals surface area contributed by atoms with Crippen molar-refractivity contribution in [3.63, 3.8) is 0 Å². The van der Waals surface area contributed by atoms with Gasteiger partial charge in [-0.2, -0.15) is 4.31 Å². The third-order valence-electron chi connectivity index (χ3n) is 2.94. The topological polar surface area (TPSA) is 113 Å². The standard InChI is InChI=1S/C12H19N3O5S/c1-9(2)14(6-7-16)21(19,20)10-4-5-11(13-3)12(8-10)15(17)18/h4-5,8-9,13,16H,6-7H2,1-3H3. The van der Waals surface area contributed by atoms with Gasteiger partial charge in [0.1, 0.15) is 5.69 Å². The molecule has 0 spiro atoms. The number of nitro benzene ring substituents is 1. The van der Waals surface area contributed by atoms with Crippen LogP contribution in [0.25, 0.3) is 0 Å². The fourth-order valence-electron chi connectivity index (χ4n) is 1.92. The third-order valence-corrected chi connectivity index (χ3v) is 5.01. The summed E-state index contributed by atoms with van der Waals surface area (Å²) in [5, 5.41) is 22.6. The number of nitrogens with one attached hydrogen (secondary N) is 1. The lowest BCUT2D eigenvalue weighted by Crippen LogP contribution is -2.38. The predicted molar refractivity (Wildman–Crippen MR) is 78.8 cm³/mol. The molecule has 0 aliphatic rings. The van der Waals surface area contributed by atoms with Crippen LogP contribution >= 0.6 is 0 Å². The zero-order valence-corrected chi connectivity index (χ0v) is 12.9. The highest BCUT2D eigenvalue weighted by Crippen LogP contribution is 2.29. The van der Waals surface area contributed by atoms with Crippen molar-refractivity contribution in [2.45, 2.75) is 24.8 Å². The molecular formula is C12H19N3O5S. The molecule has 0 unspecified atom stereocenters. The van der Waals surface area contributed by atoms with Crippen LogP contribution in [0.3, 0.4) is 0 Å². The highest BCUT2D eigenvalue weighted by atomic mass is 32.2. The highest BCUT2D eigenvalue weighted by Gasteiger charge is 2.28. The molecule has 0 aliphatic carbocycles. The summed E-state index contributed by atoms with van der Waals surface area (Å²) in [6.07, 6.45) is 0. The average molecular weight is 317 g/mol. The lowest BCUT2D eigenvalue weighted by Gasteiger charge is -2.25. The van der Waals surface area contributed by atoms with E-state index in [4.69, 9.17) is 5.11 Å². The number of sulfonamides is 1. The van der Waals surface area contributed by atoms with E-state index in [1.165, 1.54) is 19.2 Å². The molecule has 0 aliphatic heterocycles. The Morgan fingerprint density at radius 1 is 1.43 bits per heavy atom. The number of aliphatic hydroxyl groups excluding tert-OH is 1. The van der Waals surface area contributed by atoms with E-state index in [-0.39, 0.29) is 35.5 Å². The van der Waals surface area contributed by atoms with Crippen LogP contribution < -0.4 is 5.32 Å². The predicted octanol–water partition coefficient (Wildman–Crippen LogP) is 1.03. The summed E-state index contributed by atoms with van der Waals surface area (Å²) in [6, 6.07) is 3.31. The molecular weight excluding hydrogens is 298 g/mol. The van der Waals surface area contributed by atoms with Gasteiger partial charge in [0.15, 0.2) is 0 Å². The van der Waals surface area contributed by atoms with Gasteiger partial charge >= 0.3 is 0 Å². The average Bonchev–Trinajstić information content (AvgIpc) is 2.43. The number of anilines is 1. The highest BCUT2D eigenvalue weighted by molar-refractivity contribution is 7.89. The molecule has 0 atom stereocenters. The minimum absolute atomic E-state index is 0.0679. The van der Waals surface area contributed by atoms with E-state index in [1.54, 1.807) is 13.8 Å². The molecule has 1 aromatic rings. The van der Waals surface area contributed by atoms with Gasteiger partial charge in [0, 0.05) is 25.7 Å². The van der Waals surface area contributed by atoms with Crippen molar-refractivity contribution in [3.8, 4) is 0 Å². The molecule has 21 heavy (non-hydrogen) atoms. The molecule has 0 heterocycles. The summed E-state index contributed by atoms with van der Waals surface area (Å²) in [5.74, 6) is 0.